The fourth-order valence-corrected chi connectivity index (χ4v) is 2.88. The number of aliphatic imine (C=N–C) groups is 1. The second kappa shape index (κ2) is 12.9. The Kier molecular flexibility index (Phi) is 10.3. The highest BCUT2D eigenvalue weighted by molar-refractivity contribution is 14.0. The number of nitrogens with zero attached hydrogens (tertiary/aromatic N) is 4. The maximum Gasteiger partial charge on any atom is 0.192 e. The Morgan fingerprint density at radius 1 is 1.06 bits per heavy atom. The van der Waals surface area contributed by atoms with Crippen LogP contribution >= 0.6 is 24.0 Å². The average Bonchev–Trinajstić information content (AvgIpc) is 3.11. The predicted molar refractivity (Wildman–Crippen MR) is 137 cm³/mol. The average molecular weight is 550 g/mol. The number of halogens is 1. The summed E-state index contributed by atoms with van der Waals surface area (Å²) in [6, 6.07) is 17.7. The Labute approximate surface area is 206 Å². The lowest BCUT2D eigenvalue weighted by atomic mass is 10.2. The van der Waals surface area contributed by atoms with E-state index in [1.54, 1.807) is 7.11 Å². The molecular weight excluding hydrogens is 519 g/mol. The topological polar surface area (TPSA) is 85.6 Å². The smallest absolute Gasteiger partial charge is 0.192 e. The molecular formula is C23H31IN6O2. The third kappa shape index (κ3) is 7.70. The zero-order valence-electron chi connectivity index (χ0n) is 18.9. The van der Waals surface area contributed by atoms with Gasteiger partial charge in [-0.25, -0.2) is 4.99 Å². The van der Waals surface area contributed by atoms with E-state index in [9.17, 15) is 0 Å². The van der Waals surface area contributed by atoms with Crippen molar-refractivity contribution in [1.82, 2.24) is 25.4 Å². The molecule has 0 saturated carbocycles. The molecule has 9 heteroatoms. The number of ether oxygens (including phenoxy) is 2. The van der Waals surface area contributed by atoms with Crippen molar-refractivity contribution in [2.75, 3.05) is 13.7 Å². The normalized spacial score (nSPS) is 11.9. The molecule has 0 fully saturated rings. The van der Waals surface area contributed by atoms with Gasteiger partial charge in [-0.05, 0) is 31.5 Å². The molecule has 0 saturated heterocycles. The van der Waals surface area contributed by atoms with Gasteiger partial charge in [-0.1, -0.05) is 36.4 Å². The van der Waals surface area contributed by atoms with E-state index in [4.69, 9.17) is 14.5 Å². The van der Waals surface area contributed by atoms with Gasteiger partial charge in [0.15, 0.2) is 11.8 Å². The van der Waals surface area contributed by atoms with Crippen molar-refractivity contribution in [1.29, 1.82) is 0 Å². The summed E-state index contributed by atoms with van der Waals surface area (Å²) in [6.45, 7) is 5.60. The molecule has 1 aromatic heterocycles. The number of aromatic nitrogens is 3. The quantitative estimate of drug-likeness (QED) is 0.241. The summed E-state index contributed by atoms with van der Waals surface area (Å²) in [4.78, 5) is 4.71. The Morgan fingerprint density at radius 2 is 1.81 bits per heavy atom. The molecule has 172 valence electrons. The SMILES string of the molecule is COc1cccc(OC(C)CNC(=NCc2ccccc2)NCc2nnc(C)n2C)c1.I. The molecule has 3 rings (SSSR count). The Balaban J connectivity index is 0.00000363. The van der Waals surface area contributed by atoms with E-state index in [0.717, 1.165) is 28.7 Å². The maximum atomic E-state index is 6.00. The zero-order valence-corrected chi connectivity index (χ0v) is 21.2. The van der Waals surface area contributed by atoms with Crippen LogP contribution in [0.1, 0.15) is 24.1 Å². The number of methoxy groups -OCH3 is 1. The molecule has 0 aliphatic heterocycles. The van der Waals surface area contributed by atoms with E-state index >= 15 is 0 Å². The summed E-state index contributed by atoms with van der Waals surface area (Å²) in [5.41, 5.74) is 1.14. The molecule has 32 heavy (non-hydrogen) atoms. The lowest BCUT2D eigenvalue weighted by molar-refractivity contribution is 0.223. The number of rotatable bonds is 9. The van der Waals surface area contributed by atoms with Gasteiger partial charge in [0.1, 0.15) is 23.4 Å². The summed E-state index contributed by atoms with van der Waals surface area (Å²) >= 11 is 0. The number of nitrogens with one attached hydrogen (secondary N) is 2. The van der Waals surface area contributed by atoms with Crippen LogP contribution in [0.5, 0.6) is 11.5 Å². The van der Waals surface area contributed by atoms with E-state index in [1.807, 2.05) is 67.9 Å². The Bertz CT molecular complexity index is 993. The number of guanidine groups is 1. The van der Waals surface area contributed by atoms with Crippen LogP contribution in [0.25, 0.3) is 0 Å². The van der Waals surface area contributed by atoms with Gasteiger partial charge in [0, 0.05) is 13.1 Å². The minimum absolute atomic E-state index is 0. The fraction of sp³-hybridized carbons (Fsp3) is 0.348. The fourth-order valence-electron chi connectivity index (χ4n) is 2.88. The highest BCUT2D eigenvalue weighted by Crippen LogP contribution is 2.19. The number of hydrogen-bond donors (Lipinski definition) is 2. The van der Waals surface area contributed by atoms with E-state index in [1.165, 1.54) is 0 Å². The standard InChI is InChI=1S/C23H30N6O2.HI/c1-17(31-21-12-8-11-20(13-21)30-4)14-24-23(25-15-19-9-6-5-7-10-19)26-16-22-28-27-18(2)29(22)3;/h5-13,17H,14-16H2,1-4H3,(H2,24,25,26);1H. The second-order valence-electron chi connectivity index (χ2n) is 7.21. The van der Waals surface area contributed by atoms with Crippen LogP contribution in [-0.2, 0) is 20.1 Å². The molecule has 0 spiro atoms. The summed E-state index contributed by atoms with van der Waals surface area (Å²) in [5.74, 6) is 3.92. The van der Waals surface area contributed by atoms with Crippen molar-refractivity contribution in [2.24, 2.45) is 12.0 Å². The van der Waals surface area contributed by atoms with Crippen LogP contribution in [0.3, 0.4) is 0 Å². The van der Waals surface area contributed by atoms with Crippen LogP contribution in [0.2, 0.25) is 0 Å². The molecule has 3 aromatic rings. The lowest BCUT2D eigenvalue weighted by Crippen LogP contribution is -2.42. The van der Waals surface area contributed by atoms with Crippen LogP contribution < -0.4 is 20.1 Å². The highest BCUT2D eigenvalue weighted by Gasteiger charge is 2.09. The maximum absolute atomic E-state index is 6.00. The molecule has 1 atom stereocenters. The minimum atomic E-state index is -0.0760. The first-order valence-electron chi connectivity index (χ1n) is 10.3. The molecule has 0 amide bonds. The number of aryl methyl sites for hydroxylation is 1. The van der Waals surface area contributed by atoms with Gasteiger partial charge in [0.2, 0.25) is 0 Å². The molecule has 1 unspecified atom stereocenters. The first-order chi connectivity index (χ1) is 15.0. The first-order valence-corrected chi connectivity index (χ1v) is 10.3. The van der Waals surface area contributed by atoms with Crippen LogP contribution in [0, 0.1) is 6.92 Å². The largest absolute Gasteiger partial charge is 0.497 e. The highest BCUT2D eigenvalue weighted by atomic mass is 127. The Hall–Kier alpha value is -2.82. The van der Waals surface area contributed by atoms with Gasteiger partial charge in [-0.3, -0.25) is 0 Å². The summed E-state index contributed by atoms with van der Waals surface area (Å²) in [7, 11) is 3.59. The first kappa shape index (κ1) is 25.4. The van der Waals surface area contributed by atoms with Gasteiger partial charge in [-0.2, -0.15) is 0 Å². The molecule has 0 radical (unpaired) electrons. The lowest BCUT2D eigenvalue weighted by Gasteiger charge is -2.18. The van der Waals surface area contributed by atoms with Crippen LogP contribution in [0.15, 0.2) is 59.6 Å². The summed E-state index contributed by atoms with van der Waals surface area (Å²) in [6.07, 6.45) is -0.0760. The van der Waals surface area contributed by atoms with Gasteiger partial charge < -0.3 is 24.7 Å². The van der Waals surface area contributed by atoms with E-state index < -0.39 is 0 Å². The third-order valence-electron chi connectivity index (χ3n) is 4.79. The van der Waals surface area contributed by atoms with Crippen molar-refractivity contribution in [3.8, 4) is 11.5 Å². The van der Waals surface area contributed by atoms with E-state index in [2.05, 4.69) is 33.0 Å². The van der Waals surface area contributed by atoms with Crippen LogP contribution in [-0.4, -0.2) is 40.5 Å². The molecule has 0 aliphatic rings. The monoisotopic (exact) mass is 550 g/mol. The summed E-state index contributed by atoms with van der Waals surface area (Å²) in [5, 5.41) is 15.0. The van der Waals surface area contributed by atoms with Crippen molar-refractivity contribution in [2.45, 2.75) is 33.0 Å². The van der Waals surface area contributed by atoms with Gasteiger partial charge >= 0.3 is 0 Å². The van der Waals surface area contributed by atoms with Crippen molar-refractivity contribution in [3.63, 3.8) is 0 Å². The Morgan fingerprint density at radius 3 is 2.50 bits per heavy atom. The van der Waals surface area contributed by atoms with Gasteiger partial charge in [-0.15, -0.1) is 34.2 Å². The van der Waals surface area contributed by atoms with E-state index in [0.29, 0.717) is 25.6 Å². The molecule has 2 aromatic carbocycles. The predicted octanol–water partition coefficient (Wildman–Crippen LogP) is 3.45. The van der Waals surface area contributed by atoms with Crippen LogP contribution in [0.4, 0.5) is 0 Å². The van der Waals surface area contributed by atoms with Crippen molar-refractivity contribution < 1.29 is 9.47 Å². The molecule has 8 nitrogen and oxygen atoms in total. The minimum Gasteiger partial charge on any atom is -0.497 e. The third-order valence-corrected chi connectivity index (χ3v) is 4.79. The molecule has 0 aliphatic carbocycles. The zero-order chi connectivity index (χ0) is 22.1. The van der Waals surface area contributed by atoms with Crippen molar-refractivity contribution in [3.05, 3.63) is 71.8 Å². The van der Waals surface area contributed by atoms with Crippen molar-refractivity contribution >= 4 is 29.9 Å². The molecule has 0 bridgehead atoms. The van der Waals surface area contributed by atoms with Gasteiger partial charge in [0.05, 0.1) is 26.7 Å². The van der Waals surface area contributed by atoms with E-state index in [-0.39, 0.29) is 30.1 Å². The second-order valence-corrected chi connectivity index (χ2v) is 7.21. The van der Waals surface area contributed by atoms with Gasteiger partial charge in [0.25, 0.3) is 0 Å². The number of hydrogen-bond acceptors (Lipinski definition) is 5. The molecule has 2 N–H and O–H groups in total. The number of benzene rings is 2. The summed E-state index contributed by atoms with van der Waals surface area (Å²) < 4.78 is 13.2. The molecule has 1 heterocycles.